The number of aromatic nitrogens is 2. The minimum atomic E-state index is 0.441. The van der Waals surface area contributed by atoms with Crippen LogP contribution in [0.15, 0.2) is 41.0 Å². The summed E-state index contributed by atoms with van der Waals surface area (Å²) >= 11 is 0. The van der Waals surface area contributed by atoms with Gasteiger partial charge in [0.15, 0.2) is 0 Å². The van der Waals surface area contributed by atoms with E-state index in [0.29, 0.717) is 15.9 Å². The monoisotopic (exact) mass is 210 g/mol. The lowest BCUT2D eigenvalue weighted by Gasteiger charge is -2.22. The fraction of sp³-hybridized carbons (Fsp3) is 0. The Kier molecular flexibility index (Phi) is 1.19. The molecule has 2 aromatic carbocycles. The van der Waals surface area contributed by atoms with Crippen LogP contribution in [0, 0.1) is 5.21 Å². The smallest absolute Gasteiger partial charge is 0.249 e. The summed E-state index contributed by atoms with van der Waals surface area (Å²) in [6.45, 7) is 0. The van der Waals surface area contributed by atoms with E-state index in [0.717, 1.165) is 11.1 Å². The first-order valence-electron chi connectivity index (χ1n) is 4.98. The molecule has 1 aliphatic rings. The summed E-state index contributed by atoms with van der Waals surface area (Å²) in [5.41, 5.74) is 5.70. The van der Waals surface area contributed by atoms with Gasteiger partial charge in [-0.2, -0.15) is 0 Å². The average molecular weight is 210 g/mol. The molecule has 0 bridgehead atoms. The van der Waals surface area contributed by atoms with Crippen LogP contribution in [0.4, 0.5) is 0 Å². The molecule has 0 atom stereocenters. The van der Waals surface area contributed by atoms with Crippen LogP contribution in [0.5, 0.6) is 0 Å². The Balaban J connectivity index is 2.10. The van der Waals surface area contributed by atoms with Crippen LogP contribution >= 0.6 is 0 Å². The van der Waals surface area contributed by atoms with Gasteiger partial charge in [-0.1, -0.05) is 24.3 Å². The van der Waals surface area contributed by atoms with Gasteiger partial charge in [0.05, 0.1) is 0 Å². The lowest BCUT2D eigenvalue weighted by atomic mass is 9.80. The maximum Gasteiger partial charge on any atom is 0.249 e. The summed E-state index contributed by atoms with van der Waals surface area (Å²) in [7, 11) is 0. The minimum absolute atomic E-state index is 0.441. The van der Waals surface area contributed by atoms with Gasteiger partial charge in [0.1, 0.15) is 0 Å². The first-order valence-corrected chi connectivity index (χ1v) is 4.98. The molecule has 0 saturated carbocycles. The molecule has 0 unspecified atom stereocenters. The standard InChI is InChI=1S/C12H6N2O2/c15-14-12-6-10-8-4-2-1-3-7(8)9(10)5-11(12)13-16-14/h1-6H. The van der Waals surface area contributed by atoms with Crippen molar-refractivity contribution in [2.24, 2.45) is 0 Å². The highest BCUT2D eigenvalue weighted by molar-refractivity contribution is 6.06. The van der Waals surface area contributed by atoms with E-state index in [1.54, 1.807) is 0 Å². The molecule has 16 heavy (non-hydrogen) atoms. The number of fused-ring (bicyclic) bond motifs is 5. The third-order valence-corrected chi connectivity index (χ3v) is 3.03. The fourth-order valence-corrected chi connectivity index (χ4v) is 2.26. The van der Waals surface area contributed by atoms with Crippen LogP contribution in [0.2, 0.25) is 0 Å². The zero-order valence-electron chi connectivity index (χ0n) is 8.18. The largest absolute Gasteiger partial charge is 0.359 e. The summed E-state index contributed by atoms with van der Waals surface area (Å²) in [6.07, 6.45) is 0. The fourth-order valence-electron chi connectivity index (χ4n) is 2.26. The summed E-state index contributed by atoms with van der Waals surface area (Å²) in [5.74, 6) is 0. The Bertz CT molecular complexity index is 731. The number of nitrogens with zero attached hydrogens (tertiary/aromatic N) is 2. The second kappa shape index (κ2) is 2.41. The highest BCUT2D eigenvalue weighted by Gasteiger charge is 2.25. The van der Waals surface area contributed by atoms with Gasteiger partial charge < -0.3 is 5.21 Å². The molecule has 0 aliphatic heterocycles. The van der Waals surface area contributed by atoms with Crippen molar-refractivity contribution in [1.82, 2.24) is 5.16 Å². The van der Waals surface area contributed by atoms with Gasteiger partial charge in [-0.25, -0.2) is 0 Å². The van der Waals surface area contributed by atoms with Crippen LogP contribution in [0.25, 0.3) is 33.3 Å². The van der Waals surface area contributed by atoms with Gasteiger partial charge in [0, 0.05) is 17.3 Å². The molecule has 0 fully saturated rings. The van der Waals surface area contributed by atoms with Crippen molar-refractivity contribution in [3.05, 3.63) is 41.6 Å². The topological polar surface area (TPSA) is 53.0 Å². The van der Waals surface area contributed by atoms with Crippen molar-refractivity contribution in [2.75, 3.05) is 0 Å². The quantitative estimate of drug-likeness (QED) is 0.418. The molecule has 0 radical (unpaired) electrons. The van der Waals surface area contributed by atoms with Crippen molar-refractivity contribution in [3.63, 3.8) is 0 Å². The second-order valence-corrected chi connectivity index (χ2v) is 3.86. The van der Waals surface area contributed by atoms with E-state index in [2.05, 4.69) is 15.9 Å². The summed E-state index contributed by atoms with van der Waals surface area (Å²) < 4.78 is 4.56. The van der Waals surface area contributed by atoms with Gasteiger partial charge in [-0.05, 0) is 27.2 Å². The van der Waals surface area contributed by atoms with Gasteiger partial charge in [-0.3, -0.25) is 4.63 Å². The van der Waals surface area contributed by atoms with Crippen molar-refractivity contribution in [2.45, 2.75) is 0 Å². The van der Waals surface area contributed by atoms with E-state index in [1.807, 2.05) is 30.3 Å². The van der Waals surface area contributed by atoms with E-state index >= 15 is 0 Å². The van der Waals surface area contributed by atoms with E-state index in [4.69, 9.17) is 0 Å². The first-order chi connectivity index (χ1) is 7.84. The lowest BCUT2D eigenvalue weighted by Crippen LogP contribution is -2.22. The lowest BCUT2D eigenvalue weighted by molar-refractivity contribution is -0.782. The molecular formula is C12H6N2O2. The number of benzene rings is 2. The van der Waals surface area contributed by atoms with Crippen LogP contribution in [0.1, 0.15) is 0 Å². The molecule has 4 rings (SSSR count). The van der Waals surface area contributed by atoms with E-state index in [9.17, 15) is 5.21 Å². The number of rotatable bonds is 0. The zero-order chi connectivity index (χ0) is 10.7. The predicted molar refractivity (Wildman–Crippen MR) is 57.4 cm³/mol. The number of hydrogen-bond acceptors (Lipinski definition) is 3. The van der Waals surface area contributed by atoms with Gasteiger partial charge in [0.25, 0.3) is 0 Å². The SMILES string of the molecule is [O-][n+]1onc2cc3c(cc21)-c1ccccc1-3. The molecule has 0 spiro atoms. The summed E-state index contributed by atoms with van der Waals surface area (Å²) in [5, 5.41) is 15.0. The highest BCUT2D eigenvalue weighted by Crippen LogP contribution is 2.47. The van der Waals surface area contributed by atoms with Crippen molar-refractivity contribution < 1.29 is 9.53 Å². The predicted octanol–water partition coefficient (Wildman–Crippen LogP) is 2.11. The molecule has 1 aromatic heterocycles. The molecule has 4 nitrogen and oxygen atoms in total. The zero-order valence-corrected chi connectivity index (χ0v) is 8.18. The van der Waals surface area contributed by atoms with Crippen molar-refractivity contribution in [1.29, 1.82) is 0 Å². The van der Waals surface area contributed by atoms with Gasteiger partial charge in [0.2, 0.25) is 11.0 Å². The molecule has 0 N–H and O–H groups in total. The van der Waals surface area contributed by atoms with E-state index in [1.165, 1.54) is 11.1 Å². The third-order valence-electron chi connectivity index (χ3n) is 3.03. The van der Waals surface area contributed by atoms with Gasteiger partial charge >= 0.3 is 0 Å². The third kappa shape index (κ3) is 0.760. The molecular weight excluding hydrogens is 204 g/mol. The van der Waals surface area contributed by atoms with Crippen molar-refractivity contribution >= 4 is 11.0 Å². The highest BCUT2D eigenvalue weighted by atomic mass is 16.8. The normalized spacial score (nSPS) is 12.0. The first kappa shape index (κ1) is 7.87. The van der Waals surface area contributed by atoms with E-state index < -0.39 is 0 Å². The van der Waals surface area contributed by atoms with Gasteiger partial charge in [-0.15, -0.1) is 0 Å². The Hall–Kier alpha value is -2.36. The van der Waals surface area contributed by atoms with Crippen LogP contribution in [0.3, 0.4) is 0 Å². The Morgan fingerprint density at radius 2 is 1.69 bits per heavy atom. The molecule has 1 aliphatic carbocycles. The molecule has 0 saturated heterocycles. The summed E-state index contributed by atoms with van der Waals surface area (Å²) in [4.78, 5) is 0.441. The average Bonchev–Trinajstić information content (AvgIpc) is 2.67. The Morgan fingerprint density at radius 1 is 1.00 bits per heavy atom. The Labute approximate surface area is 90.3 Å². The van der Waals surface area contributed by atoms with Crippen LogP contribution < -0.4 is 4.90 Å². The van der Waals surface area contributed by atoms with E-state index in [-0.39, 0.29) is 0 Å². The van der Waals surface area contributed by atoms with Crippen LogP contribution in [-0.2, 0) is 0 Å². The van der Waals surface area contributed by atoms with Crippen LogP contribution in [-0.4, -0.2) is 5.16 Å². The minimum Gasteiger partial charge on any atom is -0.359 e. The number of hydrogen-bond donors (Lipinski definition) is 0. The molecule has 1 heterocycles. The second-order valence-electron chi connectivity index (χ2n) is 3.86. The molecule has 3 aromatic rings. The maximum atomic E-state index is 11.3. The summed E-state index contributed by atoms with van der Waals surface area (Å²) in [6, 6.07) is 11.8. The maximum absolute atomic E-state index is 11.3. The Morgan fingerprint density at radius 3 is 2.44 bits per heavy atom. The molecule has 76 valence electrons. The molecule has 4 heteroatoms. The van der Waals surface area contributed by atoms with Crippen molar-refractivity contribution in [3.8, 4) is 22.3 Å². The molecule has 0 amide bonds.